The molecular weight excluding hydrogens is 342 g/mol. The summed E-state index contributed by atoms with van der Waals surface area (Å²) >= 11 is 0. The maximum absolute atomic E-state index is 10.2. The molecule has 28 heavy (non-hydrogen) atoms. The molecule has 0 radical (unpaired) electrons. The molecule has 1 fully saturated rings. The highest BCUT2D eigenvalue weighted by atomic mass is 15.3. The Morgan fingerprint density at radius 3 is 1.82 bits per heavy atom. The zero-order valence-electron chi connectivity index (χ0n) is 15.6. The number of fused-ring (bicyclic) bond motifs is 5. The average Bonchev–Trinajstić information content (AvgIpc) is 3.20. The quantitative estimate of drug-likeness (QED) is 0.611. The van der Waals surface area contributed by atoms with Crippen molar-refractivity contribution in [2.45, 2.75) is 18.0 Å². The molecule has 0 N–H and O–H groups in total. The van der Waals surface area contributed by atoms with Gasteiger partial charge in [-0.1, -0.05) is 78.9 Å². The van der Waals surface area contributed by atoms with E-state index in [1.165, 1.54) is 22.3 Å². The van der Waals surface area contributed by atoms with E-state index in [4.69, 9.17) is 0 Å². The molecule has 2 aliphatic rings. The first-order chi connectivity index (χ1) is 13.7. The maximum atomic E-state index is 10.2. The fourth-order valence-corrected chi connectivity index (χ4v) is 5.42. The van der Waals surface area contributed by atoms with Gasteiger partial charge in [0.2, 0.25) is 0 Å². The number of rotatable bonds is 1. The van der Waals surface area contributed by atoms with Gasteiger partial charge in [-0.25, -0.2) is 0 Å². The Morgan fingerprint density at radius 2 is 1.29 bits per heavy atom. The number of nitrogens with zero attached hydrogens (tertiary/aromatic N) is 3. The molecule has 5 rings (SSSR count). The zero-order chi connectivity index (χ0) is 19.4. The number of hydrogen-bond donors (Lipinski definition) is 0. The molecule has 0 amide bonds. The lowest BCUT2D eigenvalue weighted by Gasteiger charge is -2.37. The summed E-state index contributed by atoms with van der Waals surface area (Å²) in [6.45, 7) is 0. The Balaban J connectivity index is 1.83. The fourth-order valence-electron chi connectivity index (χ4n) is 5.42. The average molecular weight is 361 g/mol. The predicted octanol–water partition coefficient (Wildman–Crippen LogP) is 5.02. The third-order valence-electron chi connectivity index (χ3n) is 6.54. The van der Waals surface area contributed by atoms with E-state index in [1.54, 1.807) is 0 Å². The first kappa shape index (κ1) is 16.8. The third kappa shape index (κ3) is 1.89. The predicted molar refractivity (Wildman–Crippen MR) is 108 cm³/mol. The molecule has 3 heteroatoms. The van der Waals surface area contributed by atoms with E-state index in [2.05, 4.69) is 72.6 Å². The minimum absolute atomic E-state index is 0.303. The number of hydrogen-bond acceptors (Lipinski definition) is 3. The van der Waals surface area contributed by atoms with Crippen LogP contribution in [0.15, 0.2) is 78.9 Å². The van der Waals surface area contributed by atoms with E-state index >= 15 is 0 Å². The minimum Gasteiger partial charge on any atom is -0.283 e. The summed E-state index contributed by atoms with van der Waals surface area (Å²) in [5, 5.41) is 20.4. The molecule has 0 unspecified atom stereocenters. The van der Waals surface area contributed by atoms with Crippen LogP contribution < -0.4 is 0 Å². The van der Waals surface area contributed by atoms with Crippen molar-refractivity contribution in [1.82, 2.24) is 4.90 Å². The fraction of sp³-hybridized carbons (Fsp3) is 0.200. The van der Waals surface area contributed by atoms with Crippen LogP contribution in [0.2, 0.25) is 0 Å². The molecule has 0 bridgehead atoms. The van der Waals surface area contributed by atoms with Crippen LogP contribution in [-0.2, 0) is 5.54 Å². The van der Waals surface area contributed by atoms with Gasteiger partial charge >= 0.3 is 0 Å². The second-order valence-corrected chi connectivity index (χ2v) is 7.75. The summed E-state index contributed by atoms with van der Waals surface area (Å²) in [5.74, 6) is 0. The van der Waals surface area contributed by atoms with Crippen LogP contribution in [0.25, 0.3) is 11.1 Å². The van der Waals surface area contributed by atoms with E-state index in [0.29, 0.717) is 6.42 Å². The lowest BCUT2D eigenvalue weighted by atomic mass is 9.74. The number of nitriles is 2. The van der Waals surface area contributed by atoms with Crippen molar-refractivity contribution >= 4 is 0 Å². The summed E-state index contributed by atoms with van der Waals surface area (Å²) in [6, 6.07) is 31.3. The van der Waals surface area contributed by atoms with E-state index in [1.807, 2.05) is 30.3 Å². The van der Waals surface area contributed by atoms with Crippen molar-refractivity contribution in [3.8, 4) is 23.3 Å². The molecule has 1 aliphatic heterocycles. The van der Waals surface area contributed by atoms with Gasteiger partial charge in [0.05, 0.1) is 23.7 Å². The molecule has 3 aromatic carbocycles. The lowest BCUT2D eigenvalue weighted by Crippen LogP contribution is -2.39. The first-order valence-corrected chi connectivity index (χ1v) is 9.48. The van der Waals surface area contributed by atoms with Crippen LogP contribution in [0.1, 0.15) is 29.2 Å². The van der Waals surface area contributed by atoms with Crippen LogP contribution in [0.4, 0.5) is 0 Å². The molecule has 0 saturated carbocycles. The first-order valence-electron chi connectivity index (χ1n) is 9.48. The maximum Gasteiger partial charge on any atom is 0.165 e. The van der Waals surface area contributed by atoms with Crippen LogP contribution >= 0.6 is 0 Å². The number of benzene rings is 3. The van der Waals surface area contributed by atoms with Gasteiger partial charge < -0.3 is 0 Å². The molecule has 3 nitrogen and oxygen atoms in total. The van der Waals surface area contributed by atoms with Gasteiger partial charge in [0.1, 0.15) is 0 Å². The zero-order valence-corrected chi connectivity index (χ0v) is 15.6. The van der Waals surface area contributed by atoms with Gasteiger partial charge in [-0.15, -0.1) is 0 Å². The molecule has 1 saturated heterocycles. The monoisotopic (exact) mass is 361 g/mol. The van der Waals surface area contributed by atoms with Gasteiger partial charge in [-0.3, -0.25) is 4.90 Å². The highest BCUT2D eigenvalue weighted by Crippen LogP contribution is 2.64. The Labute approximate surface area is 165 Å². The second-order valence-electron chi connectivity index (χ2n) is 7.75. The molecule has 1 atom stereocenters. The summed E-state index contributed by atoms with van der Waals surface area (Å²) < 4.78 is 0. The van der Waals surface area contributed by atoms with Crippen LogP contribution in [-0.4, -0.2) is 11.9 Å². The van der Waals surface area contributed by atoms with Gasteiger partial charge in [-0.05, 0) is 34.9 Å². The standard InChI is InChI=1S/C25H19N3/c1-28-23(18-9-3-2-4-10-18)24(16-26,17-27)15-25(28)21-13-7-5-11-19(21)20-12-6-8-14-22(20)25/h2-14,23H,15H2,1H3/t23-/m1/s1. The van der Waals surface area contributed by atoms with Gasteiger partial charge in [-0.2, -0.15) is 10.5 Å². The van der Waals surface area contributed by atoms with Gasteiger partial charge in [0.15, 0.2) is 5.41 Å². The summed E-state index contributed by atoms with van der Waals surface area (Å²) in [6.07, 6.45) is 0.455. The molecule has 134 valence electrons. The minimum atomic E-state index is -1.12. The van der Waals surface area contributed by atoms with Crippen LogP contribution in [0, 0.1) is 28.1 Å². The normalized spacial score (nSPS) is 20.9. The highest BCUT2D eigenvalue weighted by molar-refractivity contribution is 5.81. The molecule has 1 spiro atoms. The lowest BCUT2D eigenvalue weighted by molar-refractivity contribution is 0.168. The number of likely N-dealkylation sites (tertiary alicyclic amines) is 1. The second kappa shape index (κ2) is 5.80. The van der Waals surface area contributed by atoms with Crippen molar-refractivity contribution in [3.63, 3.8) is 0 Å². The van der Waals surface area contributed by atoms with Gasteiger partial charge in [0.25, 0.3) is 0 Å². The summed E-state index contributed by atoms with van der Waals surface area (Å²) in [4.78, 5) is 2.26. The van der Waals surface area contributed by atoms with E-state index in [0.717, 1.165) is 5.56 Å². The van der Waals surface area contributed by atoms with E-state index in [-0.39, 0.29) is 6.04 Å². The van der Waals surface area contributed by atoms with Crippen molar-refractivity contribution in [3.05, 3.63) is 95.6 Å². The Morgan fingerprint density at radius 1 is 0.786 bits per heavy atom. The smallest absolute Gasteiger partial charge is 0.165 e. The highest BCUT2D eigenvalue weighted by Gasteiger charge is 2.63. The topological polar surface area (TPSA) is 50.8 Å². The summed E-state index contributed by atoms with van der Waals surface area (Å²) in [5.41, 5.74) is 4.16. The van der Waals surface area contributed by atoms with Crippen molar-refractivity contribution in [2.24, 2.45) is 5.41 Å². The Hall–Kier alpha value is -3.40. The molecule has 1 aliphatic carbocycles. The Bertz CT molecular complexity index is 1090. The largest absolute Gasteiger partial charge is 0.283 e. The Kier molecular flexibility index (Phi) is 3.47. The van der Waals surface area contributed by atoms with Crippen LogP contribution in [0.5, 0.6) is 0 Å². The van der Waals surface area contributed by atoms with E-state index < -0.39 is 11.0 Å². The molecule has 3 aromatic rings. The molecular formula is C25H19N3. The van der Waals surface area contributed by atoms with Crippen molar-refractivity contribution < 1.29 is 0 Å². The van der Waals surface area contributed by atoms with Crippen molar-refractivity contribution in [2.75, 3.05) is 7.05 Å². The van der Waals surface area contributed by atoms with Crippen LogP contribution in [0.3, 0.4) is 0 Å². The molecule has 1 heterocycles. The SMILES string of the molecule is CN1[C@H](c2ccccc2)C(C#N)(C#N)CC12c1ccccc1-c1ccccc12. The summed E-state index contributed by atoms with van der Waals surface area (Å²) in [7, 11) is 2.06. The third-order valence-corrected chi connectivity index (χ3v) is 6.54. The van der Waals surface area contributed by atoms with Gasteiger partial charge in [0, 0.05) is 6.42 Å². The molecule has 0 aromatic heterocycles. The van der Waals surface area contributed by atoms with Crippen molar-refractivity contribution in [1.29, 1.82) is 10.5 Å². The van der Waals surface area contributed by atoms with E-state index in [9.17, 15) is 10.5 Å².